The Kier molecular flexibility index (Phi) is 6.47. The molecule has 1 aromatic rings. The van der Waals surface area contributed by atoms with Gasteiger partial charge in [0, 0.05) is 24.5 Å². The normalized spacial score (nSPS) is 41.4. The molecule has 35 heavy (non-hydrogen) atoms. The van der Waals surface area contributed by atoms with E-state index < -0.39 is 4.92 Å². The summed E-state index contributed by atoms with van der Waals surface area (Å²) < 4.78 is 5.80. The van der Waals surface area contributed by atoms with Crippen LogP contribution < -0.4 is 4.84 Å². The highest BCUT2D eigenvalue weighted by atomic mass is 79.9. The highest BCUT2D eigenvalue weighted by molar-refractivity contribution is 9.10. The zero-order valence-electron chi connectivity index (χ0n) is 20.7. The minimum Gasteiger partial charge on any atom is -0.462 e. The molecule has 4 aliphatic rings. The molecule has 8 atom stereocenters. The van der Waals surface area contributed by atoms with Crippen LogP contribution in [0.3, 0.4) is 0 Å². The van der Waals surface area contributed by atoms with Crippen molar-refractivity contribution in [1.29, 1.82) is 0 Å². The second-order valence-corrected chi connectivity index (χ2v) is 12.8. The van der Waals surface area contributed by atoms with Gasteiger partial charge in [-0.2, -0.15) is 0 Å². The molecule has 4 aliphatic carbocycles. The molecule has 7 nitrogen and oxygen atoms in total. The van der Waals surface area contributed by atoms with E-state index in [2.05, 4.69) is 34.9 Å². The molecule has 0 aromatic heterocycles. The summed E-state index contributed by atoms with van der Waals surface area (Å²) in [5.41, 5.74) is 1.44. The fraction of sp³-hybridized carbons (Fsp3) is 0.704. The van der Waals surface area contributed by atoms with Crippen LogP contribution in [0.1, 0.15) is 72.1 Å². The number of nitrogens with zero attached hydrogens (tertiary/aromatic N) is 2. The quantitative estimate of drug-likeness (QED) is 0.182. The maximum Gasteiger partial charge on any atom is 0.302 e. The molecule has 190 valence electrons. The third kappa shape index (κ3) is 4.30. The molecule has 0 aliphatic heterocycles. The predicted molar refractivity (Wildman–Crippen MR) is 137 cm³/mol. The van der Waals surface area contributed by atoms with Crippen molar-refractivity contribution in [3.05, 3.63) is 34.4 Å². The zero-order valence-corrected chi connectivity index (χ0v) is 22.3. The molecule has 0 spiro atoms. The zero-order chi connectivity index (χ0) is 25.0. The van der Waals surface area contributed by atoms with Crippen LogP contribution in [0.15, 0.2) is 29.4 Å². The van der Waals surface area contributed by atoms with E-state index in [9.17, 15) is 14.9 Å². The number of carbonyl (C=O) groups is 1. The SMILES string of the molecule is CC(=O)O[C@H]1CC[C@H]2[C@@H]3CC[C@H]4C/C(=N/Oc5ccc([N+](=O)[O-])cc5)[C@H](Br)C[C@]4(C)[C@H]3CC[C@]12C. The van der Waals surface area contributed by atoms with Crippen LogP contribution >= 0.6 is 15.9 Å². The fourth-order valence-corrected chi connectivity index (χ4v) is 9.22. The first-order valence-corrected chi connectivity index (χ1v) is 13.8. The summed E-state index contributed by atoms with van der Waals surface area (Å²) in [7, 11) is 0. The van der Waals surface area contributed by atoms with Crippen molar-refractivity contribution in [2.75, 3.05) is 0 Å². The highest BCUT2D eigenvalue weighted by Crippen LogP contribution is 2.66. The van der Waals surface area contributed by atoms with Gasteiger partial charge < -0.3 is 9.57 Å². The van der Waals surface area contributed by atoms with Crippen molar-refractivity contribution in [3.63, 3.8) is 0 Å². The number of benzene rings is 1. The lowest BCUT2D eigenvalue weighted by molar-refractivity contribution is -0.384. The van der Waals surface area contributed by atoms with E-state index >= 15 is 0 Å². The van der Waals surface area contributed by atoms with Gasteiger partial charge in [0.15, 0.2) is 5.75 Å². The van der Waals surface area contributed by atoms with E-state index in [1.807, 2.05) is 0 Å². The topological polar surface area (TPSA) is 91.0 Å². The first kappa shape index (κ1) is 24.7. The molecule has 4 fully saturated rings. The summed E-state index contributed by atoms with van der Waals surface area (Å²) in [6, 6.07) is 6.05. The lowest BCUT2D eigenvalue weighted by Crippen LogP contribution is -2.55. The van der Waals surface area contributed by atoms with Crippen LogP contribution in [-0.4, -0.2) is 27.5 Å². The van der Waals surface area contributed by atoms with Crippen molar-refractivity contribution in [2.45, 2.75) is 83.1 Å². The van der Waals surface area contributed by atoms with Gasteiger partial charge in [0.2, 0.25) is 0 Å². The first-order chi connectivity index (χ1) is 16.6. The molecule has 0 N–H and O–H groups in total. The minimum atomic E-state index is -0.418. The van der Waals surface area contributed by atoms with Gasteiger partial charge >= 0.3 is 5.97 Å². The van der Waals surface area contributed by atoms with Crippen LogP contribution in [-0.2, 0) is 9.53 Å². The van der Waals surface area contributed by atoms with Gasteiger partial charge in [0.05, 0.1) is 15.5 Å². The van der Waals surface area contributed by atoms with Crippen molar-refractivity contribution in [3.8, 4) is 5.75 Å². The number of nitro benzene ring substituents is 1. The summed E-state index contributed by atoms with van der Waals surface area (Å²) in [5.74, 6) is 2.96. The minimum absolute atomic E-state index is 0.0404. The van der Waals surface area contributed by atoms with Gasteiger partial charge in [-0.05, 0) is 92.6 Å². The number of ether oxygens (including phenoxy) is 1. The molecule has 4 saturated carbocycles. The summed E-state index contributed by atoms with van der Waals surface area (Å²) in [5, 5.41) is 15.4. The molecule has 5 rings (SSSR count). The number of oxime groups is 1. The number of rotatable bonds is 4. The van der Waals surface area contributed by atoms with Crippen molar-refractivity contribution in [1.82, 2.24) is 0 Å². The van der Waals surface area contributed by atoms with Crippen LogP contribution in [0.25, 0.3) is 0 Å². The fourth-order valence-electron chi connectivity index (χ4n) is 8.25. The Morgan fingerprint density at radius 3 is 2.49 bits per heavy atom. The smallest absolute Gasteiger partial charge is 0.302 e. The van der Waals surface area contributed by atoms with Crippen molar-refractivity contribution < 1.29 is 19.3 Å². The highest BCUT2D eigenvalue weighted by Gasteiger charge is 2.61. The molecule has 0 saturated heterocycles. The molecular formula is C27H35BrN2O5. The lowest BCUT2D eigenvalue weighted by Gasteiger charge is -2.60. The number of hydrogen-bond acceptors (Lipinski definition) is 6. The number of fused-ring (bicyclic) bond motifs is 5. The van der Waals surface area contributed by atoms with Gasteiger partial charge in [-0.3, -0.25) is 14.9 Å². The Balaban J connectivity index is 1.29. The Morgan fingerprint density at radius 2 is 1.80 bits per heavy atom. The summed E-state index contributed by atoms with van der Waals surface area (Å²) in [4.78, 5) is 28.0. The van der Waals surface area contributed by atoms with Crippen LogP contribution in [0.2, 0.25) is 0 Å². The lowest BCUT2D eigenvalue weighted by atomic mass is 9.45. The van der Waals surface area contributed by atoms with E-state index in [0.29, 0.717) is 29.4 Å². The number of alkyl halides is 1. The van der Waals surface area contributed by atoms with E-state index in [1.54, 1.807) is 12.1 Å². The van der Waals surface area contributed by atoms with Crippen LogP contribution in [0, 0.1) is 44.6 Å². The molecule has 0 heterocycles. The first-order valence-electron chi connectivity index (χ1n) is 12.9. The third-order valence-corrected chi connectivity index (χ3v) is 10.9. The van der Waals surface area contributed by atoms with Gasteiger partial charge in [0.1, 0.15) is 6.10 Å². The van der Waals surface area contributed by atoms with Crippen LogP contribution in [0.5, 0.6) is 5.75 Å². The second kappa shape index (κ2) is 9.16. The Morgan fingerprint density at radius 1 is 1.09 bits per heavy atom. The summed E-state index contributed by atoms with van der Waals surface area (Å²) in [6.07, 6.45) is 8.97. The maximum atomic E-state index is 11.7. The average molecular weight is 547 g/mol. The molecule has 0 radical (unpaired) electrons. The second-order valence-electron chi connectivity index (χ2n) is 11.7. The van der Waals surface area contributed by atoms with E-state index in [0.717, 1.165) is 31.4 Å². The van der Waals surface area contributed by atoms with E-state index in [1.165, 1.54) is 44.7 Å². The van der Waals surface area contributed by atoms with E-state index in [-0.39, 0.29) is 33.4 Å². The third-order valence-electron chi connectivity index (χ3n) is 10.0. The van der Waals surface area contributed by atoms with Crippen LogP contribution in [0.4, 0.5) is 5.69 Å². The number of non-ortho nitro benzene ring substituents is 1. The molecule has 1 aromatic carbocycles. The molecule has 8 heteroatoms. The monoisotopic (exact) mass is 546 g/mol. The molecule has 0 bridgehead atoms. The van der Waals surface area contributed by atoms with E-state index in [4.69, 9.17) is 9.57 Å². The Bertz CT molecular complexity index is 1030. The molecular weight excluding hydrogens is 512 g/mol. The summed E-state index contributed by atoms with van der Waals surface area (Å²) >= 11 is 3.92. The van der Waals surface area contributed by atoms with Gasteiger partial charge in [-0.1, -0.05) is 34.9 Å². The number of halogens is 1. The predicted octanol–water partition coefficient (Wildman–Crippen LogP) is 6.68. The van der Waals surface area contributed by atoms with Crippen molar-refractivity contribution in [2.24, 2.45) is 39.7 Å². The largest absolute Gasteiger partial charge is 0.462 e. The number of nitro groups is 1. The van der Waals surface area contributed by atoms with Crippen molar-refractivity contribution >= 4 is 33.3 Å². The standard InChI is InChI=1S/C27H35BrN2O5/c1-16(31)34-25-11-10-21-20-9-4-17-14-24(29-35-19-7-5-18(6-8-19)30(32)33)23(28)15-27(17,3)22(20)12-13-26(21,25)2/h5-8,17,20-23,25H,4,9-15H2,1-3H3/b29-24-/t17-,20-,21-,22-,23+,25-,26-,27-/m0/s1. The molecule has 0 amide bonds. The van der Waals surface area contributed by atoms with Gasteiger partial charge in [-0.25, -0.2) is 0 Å². The van der Waals surface area contributed by atoms with Gasteiger partial charge in [0.25, 0.3) is 5.69 Å². The number of esters is 1. The Labute approximate surface area is 215 Å². The maximum absolute atomic E-state index is 11.7. The molecule has 0 unspecified atom stereocenters. The number of carbonyl (C=O) groups excluding carboxylic acids is 1. The van der Waals surface area contributed by atoms with Gasteiger partial charge in [-0.15, -0.1) is 0 Å². The summed E-state index contributed by atoms with van der Waals surface area (Å²) in [6.45, 7) is 6.41. The average Bonchev–Trinajstić information content (AvgIpc) is 3.13. The Hall–Kier alpha value is -1.96. The number of hydrogen-bond donors (Lipinski definition) is 0.